The molecular weight excluding hydrogens is 395 g/mol. The Kier molecular flexibility index (Phi) is 4.69. The van der Waals surface area contributed by atoms with Crippen LogP contribution in [-0.4, -0.2) is 11.1 Å². The first-order chi connectivity index (χ1) is 10.1. The maximum absolute atomic E-state index is 5.81. The second kappa shape index (κ2) is 6.52. The molecule has 1 unspecified atom stereocenters. The lowest BCUT2D eigenvalue weighted by Crippen LogP contribution is -2.17. The molecule has 1 atom stereocenters. The molecule has 1 N–H and O–H groups in total. The SMILES string of the molecule is CC(C)Oc1ncccc1NC1CCCc2sc(I)cc21. The summed E-state index contributed by atoms with van der Waals surface area (Å²) in [6.45, 7) is 4.05. The van der Waals surface area contributed by atoms with Crippen LogP contribution in [0.5, 0.6) is 5.88 Å². The van der Waals surface area contributed by atoms with Gasteiger partial charge < -0.3 is 10.1 Å². The van der Waals surface area contributed by atoms with Crippen LogP contribution in [0, 0.1) is 2.88 Å². The fraction of sp³-hybridized carbons (Fsp3) is 0.438. The van der Waals surface area contributed by atoms with Crippen molar-refractivity contribution >= 4 is 39.6 Å². The Morgan fingerprint density at radius 3 is 3.14 bits per heavy atom. The molecule has 3 rings (SSSR count). The van der Waals surface area contributed by atoms with Gasteiger partial charge >= 0.3 is 0 Å². The second-order valence-corrected chi connectivity index (χ2v) is 8.57. The van der Waals surface area contributed by atoms with Gasteiger partial charge in [-0.3, -0.25) is 0 Å². The number of thiophene rings is 1. The van der Waals surface area contributed by atoms with Crippen molar-refractivity contribution in [3.8, 4) is 5.88 Å². The van der Waals surface area contributed by atoms with Gasteiger partial charge in [0.1, 0.15) is 0 Å². The molecule has 1 aliphatic rings. The molecule has 0 bridgehead atoms. The molecule has 2 heterocycles. The number of pyridine rings is 1. The molecule has 0 fully saturated rings. The van der Waals surface area contributed by atoms with Gasteiger partial charge in [0.25, 0.3) is 0 Å². The Bertz CT molecular complexity index is 626. The van der Waals surface area contributed by atoms with E-state index in [0.717, 1.165) is 12.1 Å². The zero-order valence-electron chi connectivity index (χ0n) is 12.2. The van der Waals surface area contributed by atoms with Crippen molar-refractivity contribution in [3.63, 3.8) is 0 Å². The van der Waals surface area contributed by atoms with Crippen LogP contribution in [0.2, 0.25) is 0 Å². The molecule has 21 heavy (non-hydrogen) atoms. The van der Waals surface area contributed by atoms with Gasteiger partial charge in [0.2, 0.25) is 5.88 Å². The largest absolute Gasteiger partial charge is 0.473 e. The average Bonchev–Trinajstić information content (AvgIpc) is 2.82. The number of nitrogens with zero attached hydrogens (tertiary/aromatic N) is 1. The molecule has 5 heteroatoms. The fourth-order valence-electron chi connectivity index (χ4n) is 2.68. The van der Waals surface area contributed by atoms with Crippen LogP contribution in [0.3, 0.4) is 0 Å². The van der Waals surface area contributed by atoms with Crippen LogP contribution in [0.25, 0.3) is 0 Å². The Hall–Kier alpha value is -0.820. The van der Waals surface area contributed by atoms with E-state index in [1.54, 1.807) is 6.20 Å². The quantitative estimate of drug-likeness (QED) is 0.714. The van der Waals surface area contributed by atoms with Gasteiger partial charge in [-0.15, -0.1) is 11.3 Å². The third-order valence-corrected chi connectivity index (χ3v) is 5.50. The van der Waals surface area contributed by atoms with Crippen LogP contribution >= 0.6 is 33.9 Å². The van der Waals surface area contributed by atoms with Crippen molar-refractivity contribution in [2.75, 3.05) is 5.32 Å². The van der Waals surface area contributed by atoms with Crippen molar-refractivity contribution in [2.45, 2.75) is 45.3 Å². The van der Waals surface area contributed by atoms with Gasteiger partial charge in [-0.25, -0.2) is 4.98 Å². The van der Waals surface area contributed by atoms with Crippen LogP contribution in [0.15, 0.2) is 24.4 Å². The average molecular weight is 414 g/mol. The monoisotopic (exact) mass is 414 g/mol. The zero-order chi connectivity index (χ0) is 14.8. The highest BCUT2D eigenvalue weighted by atomic mass is 127. The van der Waals surface area contributed by atoms with Gasteiger partial charge in [0.15, 0.2) is 0 Å². The van der Waals surface area contributed by atoms with E-state index in [0.29, 0.717) is 11.9 Å². The van der Waals surface area contributed by atoms with Crippen LogP contribution in [0.1, 0.15) is 43.2 Å². The molecule has 112 valence electrons. The Balaban J connectivity index is 1.84. The van der Waals surface area contributed by atoms with Crippen molar-refractivity contribution in [1.29, 1.82) is 0 Å². The molecule has 3 nitrogen and oxygen atoms in total. The molecule has 0 saturated carbocycles. The molecule has 1 aliphatic carbocycles. The number of anilines is 1. The summed E-state index contributed by atoms with van der Waals surface area (Å²) >= 11 is 4.34. The van der Waals surface area contributed by atoms with E-state index in [2.05, 4.69) is 45.0 Å². The Labute approximate surface area is 143 Å². The van der Waals surface area contributed by atoms with E-state index in [9.17, 15) is 0 Å². The first-order valence-corrected chi connectivity index (χ1v) is 9.19. The molecule has 2 aromatic rings. The van der Waals surface area contributed by atoms with Crippen molar-refractivity contribution in [3.05, 3.63) is 37.7 Å². The van der Waals surface area contributed by atoms with Crippen LogP contribution in [-0.2, 0) is 6.42 Å². The van der Waals surface area contributed by atoms with Crippen LogP contribution in [0.4, 0.5) is 5.69 Å². The zero-order valence-corrected chi connectivity index (χ0v) is 15.2. The maximum atomic E-state index is 5.81. The topological polar surface area (TPSA) is 34.1 Å². The first-order valence-electron chi connectivity index (χ1n) is 7.30. The van der Waals surface area contributed by atoms with Crippen molar-refractivity contribution < 1.29 is 4.74 Å². The van der Waals surface area contributed by atoms with E-state index in [1.165, 1.54) is 26.2 Å². The number of nitrogens with one attached hydrogen (secondary N) is 1. The number of fused-ring (bicyclic) bond motifs is 1. The molecule has 0 radical (unpaired) electrons. The number of aromatic nitrogens is 1. The molecule has 0 aromatic carbocycles. The first kappa shape index (κ1) is 15.1. The number of halogens is 1. The lowest BCUT2D eigenvalue weighted by atomic mass is 9.94. The summed E-state index contributed by atoms with van der Waals surface area (Å²) in [4.78, 5) is 5.89. The number of ether oxygens (including phenoxy) is 1. The Morgan fingerprint density at radius 1 is 1.48 bits per heavy atom. The second-order valence-electron chi connectivity index (χ2n) is 5.54. The molecule has 0 spiro atoms. The van der Waals surface area contributed by atoms with E-state index in [4.69, 9.17) is 4.74 Å². The molecule has 0 aliphatic heterocycles. The van der Waals surface area contributed by atoms with Gasteiger partial charge in [0.05, 0.1) is 20.7 Å². The highest BCUT2D eigenvalue weighted by molar-refractivity contribution is 14.1. The summed E-state index contributed by atoms with van der Waals surface area (Å²) in [6.07, 6.45) is 5.52. The van der Waals surface area contributed by atoms with E-state index < -0.39 is 0 Å². The van der Waals surface area contributed by atoms with E-state index in [1.807, 2.05) is 31.3 Å². The summed E-state index contributed by atoms with van der Waals surface area (Å²) in [7, 11) is 0. The molecule has 2 aromatic heterocycles. The number of hydrogen-bond donors (Lipinski definition) is 1. The third kappa shape index (κ3) is 3.51. The predicted octanol–water partition coefficient (Wildman–Crippen LogP) is 5.02. The third-order valence-electron chi connectivity index (χ3n) is 3.53. The smallest absolute Gasteiger partial charge is 0.237 e. The minimum atomic E-state index is 0.129. The molecular formula is C16H19IN2OS. The minimum absolute atomic E-state index is 0.129. The number of aryl methyl sites for hydroxylation is 1. The summed E-state index contributed by atoms with van der Waals surface area (Å²) < 4.78 is 7.18. The molecule has 0 amide bonds. The summed E-state index contributed by atoms with van der Waals surface area (Å²) in [6, 6.07) is 6.69. The van der Waals surface area contributed by atoms with Gasteiger partial charge in [-0.2, -0.15) is 0 Å². The molecule has 0 saturated heterocycles. The lowest BCUT2D eigenvalue weighted by Gasteiger charge is -2.25. The normalized spacial score (nSPS) is 17.6. The summed E-state index contributed by atoms with van der Waals surface area (Å²) in [5.74, 6) is 0.699. The van der Waals surface area contributed by atoms with Crippen molar-refractivity contribution in [1.82, 2.24) is 4.98 Å². The predicted molar refractivity (Wildman–Crippen MR) is 96.3 cm³/mol. The van der Waals surface area contributed by atoms with Crippen LogP contribution < -0.4 is 10.1 Å². The lowest BCUT2D eigenvalue weighted by molar-refractivity contribution is 0.234. The van der Waals surface area contributed by atoms with E-state index in [-0.39, 0.29) is 6.10 Å². The Morgan fingerprint density at radius 2 is 2.33 bits per heavy atom. The minimum Gasteiger partial charge on any atom is -0.473 e. The maximum Gasteiger partial charge on any atom is 0.237 e. The summed E-state index contributed by atoms with van der Waals surface area (Å²) in [5.41, 5.74) is 2.44. The van der Waals surface area contributed by atoms with Gasteiger partial charge in [0, 0.05) is 11.1 Å². The van der Waals surface area contributed by atoms with Crippen molar-refractivity contribution in [2.24, 2.45) is 0 Å². The number of rotatable bonds is 4. The summed E-state index contributed by atoms with van der Waals surface area (Å²) in [5, 5.41) is 3.64. The van der Waals surface area contributed by atoms with Gasteiger partial charge in [-0.1, -0.05) is 0 Å². The highest BCUT2D eigenvalue weighted by Crippen LogP contribution is 2.39. The standard InChI is InChI=1S/C16H19IN2OS/c1-10(2)20-16-13(6-4-8-18-16)19-12-5-3-7-14-11(12)9-15(17)21-14/h4,6,8-10,12,19H,3,5,7H2,1-2H3. The van der Waals surface area contributed by atoms with Gasteiger partial charge in [-0.05, 0) is 79.5 Å². The number of hydrogen-bond acceptors (Lipinski definition) is 4. The van der Waals surface area contributed by atoms with E-state index >= 15 is 0 Å². The highest BCUT2D eigenvalue weighted by Gasteiger charge is 2.23. The fourth-order valence-corrected chi connectivity index (χ4v) is 4.80.